The molecule has 4 nitrogen and oxygen atoms in total. The van der Waals surface area contributed by atoms with Gasteiger partial charge in [-0.05, 0) is 18.2 Å². The molecule has 7 heteroatoms. The van der Waals surface area contributed by atoms with Crippen LogP contribution in [0, 0.1) is 10.1 Å². The fraction of sp³-hybridized carbons (Fsp3) is 0. The molecular formula is C12H6BrCl2NO3. The molecule has 0 saturated heterocycles. The van der Waals surface area contributed by atoms with Crippen LogP contribution < -0.4 is 4.74 Å². The number of nitro benzene ring substituents is 1. The highest BCUT2D eigenvalue weighted by Gasteiger charge is 2.19. The molecule has 0 aliphatic heterocycles. The van der Waals surface area contributed by atoms with Crippen molar-refractivity contribution in [3.8, 4) is 11.5 Å². The maximum Gasteiger partial charge on any atom is 0.313 e. The van der Waals surface area contributed by atoms with E-state index in [1.54, 1.807) is 18.2 Å². The lowest BCUT2D eigenvalue weighted by Gasteiger charge is -2.07. The Kier molecular flexibility index (Phi) is 4.29. The first kappa shape index (κ1) is 14.1. The number of benzene rings is 2. The van der Waals surface area contributed by atoms with Crippen LogP contribution in [0.15, 0.2) is 40.9 Å². The molecule has 0 radical (unpaired) electrons. The predicted molar refractivity (Wildman–Crippen MR) is 77.3 cm³/mol. The Morgan fingerprint density at radius 2 is 1.84 bits per heavy atom. The second kappa shape index (κ2) is 5.77. The zero-order chi connectivity index (χ0) is 14.0. The lowest BCUT2D eigenvalue weighted by atomic mass is 10.3. The number of halogens is 3. The summed E-state index contributed by atoms with van der Waals surface area (Å²) in [6.45, 7) is 0. The van der Waals surface area contributed by atoms with Gasteiger partial charge in [-0.15, -0.1) is 0 Å². The highest BCUT2D eigenvalue weighted by molar-refractivity contribution is 9.10. The molecule has 2 rings (SSSR count). The van der Waals surface area contributed by atoms with Crippen LogP contribution in [0.4, 0.5) is 5.69 Å². The Hall–Kier alpha value is -1.30. The topological polar surface area (TPSA) is 52.4 Å². The summed E-state index contributed by atoms with van der Waals surface area (Å²) in [5.74, 6) is 0.494. The molecule has 0 bridgehead atoms. The molecule has 0 spiro atoms. The Bertz CT molecular complexity index is 649. The van der Waals surface area contributed by atoms with Crippen molar-refractivity contribution < 1.29 is 9.66 Å². The van der Waals surface area contributed by atoms with Crippen molar-refractivity contribution in [2.24, 2.45) is 0 Å². The van der Waals surface area contributed by atoms with Crippen molar-refractivity contribution in [1.29, 1.82) is 0 Å². The summed E-state index contributed by atoms with van der Waals surface area (Å²) >= 11 is 14.9. The van der Waals surface area contributed by atoms with E-state index in [1.807, 2.05) is 6.07 Å². The van der Waals surface area contributed by atoms with E-state index in [2.05, 4.69) is 15.9 Å². The summed E-state index contributed by atoms with van der Waals surface area (Å²) < 4.78 is 6.27. The molecule has 0 saturated carbocycles. The SMILES string of the molecule is O=[N+]([O-])c1cc(Cl)c(Cl)cc1Oc1cccc(Br)c1. The zero-order valence-electron chi connectivity index (χ0n) is 9.27. The minimum absolute atomic E-state index is 0.0394. The molecule has 0 fully saturated rings. The average molecular weight is 363 g/mol. The second-order valence-corrected chi connectivity index (χ2v) is 5.28. The van der Waals surface area contributed by atoms with Gasteiger partial charge in [-0.2, -0.15) is 0 Å². The van der Waals surface area contributed by atoms with Crippen molar-refractivity contribution in [2.75, 3.05) is 0 Å². The Balaban J connectivity index is 2.44. The normalized spacial score (nSPS) is 10.3. The van der Waals surface area contributed by atoms with Crippen molar-refractivity contribution >= 4 is 44.8 Å². The van der Waals surface area contributed by atoms with E-state index in [9.17, 15) is 10.1 Å². The second-order valence-electron chi connectivity index (χ2n) is 3.55. The smallest absolute Gasteiger partial charge is 0.313 e. The van der Waals surface area contributed by atoms with Gasteiger partial charge in [0.2, 0.25) is 5.75 Å². The number of hydrogen-bond donors (Lipinski definition) is 0. The maximum absolute atomic E-state index is 11.0. The van der Waals surface area contributed by atoms with Crippen LogP contribution in [0.3, 0.4) is 0 Å². The van der Waals surface area contributed by atoms with Crippen LogP contribution in [-0.4, -0.2) is 4.92 Å². The molecule has 2 aromatic carbocycles. The highest BCUT2D eigenvalue weighted by atomic mass is 79.9. The minimum Gasteiger partial charge on any atom is -0.450 e. The van der Waals surface area contributed by atoms with E-state index < -0.39 is 4.92 Å². The van der Waals surface area contributed by atoms with Crippen molar-refractivity contribution in [3.05, 3.63) is 61.0 Å². The van der Waals surface area contributed by atoms with Gasteiger partial charge in [-0.25, -0.2) is 0 Å². The zero-order valence-corrected chi connectivity index (χ0v) is 12.4. The highest BCUT2D eigenvalue weighted by Crippen LogP contribution is 2.38. The molecule has 0 amide bonds. The molecule has 98 valence electrons. The quantitative estimate of drug-likeness (QED) is 0.538. The lowest BCUT2D eigenvalue weighted by molar-refractivity contribution is -0.385. The van der Waals surface area contributed by atoms with E-state index in [1.165, 1.54) is 6.07 Å². The first-order chi connectivity index (χ1) is 8.97. The summed E-state index contributed by atoms with van der Waals surface area (Å²) in [5.41, 5.74) is -0.241. The third kappa shape index (κ3) is 3.37. The molecule has 0 heterocycles. The van der Waals surface area contributed by atoms with Gasteiger partial charge in [0.25, 0.3) is 0 Å². The van der Waals surface area contributed by atoms with E-state index in [0.717, 1.165) is 10.5 Å². The van der Waals surface area contributed by atoms with Crippen LogP contribution in [0.2, 0.25) is 10.0 Å². The largest absolute Gasteiger partial charge is 0.450 e. The summed E-state index contributed by atoms with van der Waals surface area (Å²) in [6.07, 6.45) is 0. The molecular weight excluding hydrogens is 357 g/mol. The predicted octanol–water partition coefficient (Wildman–Crippen LogP) is 5.46. The fourth-order valence-electron chi connectivity index (χ4n) is 1.40. The summed E-state index contributed by atoms with van der Waals surface area (Å²) in [5, 5.41) is 11.3. The maximum atomic E-state index is 11.0. The fourth-order valence-corrected chi connectivity index (χ4v) is 2.09. The van der Waals surface area contributed by atoms with Crippen molar-refractivity contribution in [3.63, 3.8) is 0 Å². The monoisotopic (exact) mass is 361 g/mol. The van der Waals surface area contributed by atoms with E-state index in [4.69, 9.17) is 27.9 Å². The third-order valence-corrected chi connectivity index (χ3v) is 3.44. The van der Waals surface area contributed by atoms with Gasteiger partial charge in [0.15, 0.2) is 0 Å². The molecule has 2 aromatic rings. The number of rotatable bonds is 3. The van der Waals surface area contributed by atoms with Crippen LogP contribution in [0.1, 0.15) is 0 Å². The first-order valence-electron chi connectivity index (χ1n) is 5.04. The first-order valence-corrected chi connectivity index (χ1v) is 6.59. The van der Waals surface area contributed by atoms with Crippen molar-refractivity contribution in [1.82, 2.24) is 0 Å². The minimum atomic E-state index is -0.574. The third-order valence-electron chi connectivity index (χ3n) is 2.22. The lowest BCUT2D eigenvalue weighted by Crippen LogP contribution is -1.94. The van der Waals surface area contributed by atoms with Gasteiger partial charge in [0.05, 0.1) is 15.0 Å². The van der Waals surface area contributed by atoms with Crippen LogP contribution in [0.25, 0.3) is 0 Å². The van der Waals surface area contributed by atoms with Gasteiger partial charge < -0.3 is 4.74 Å². The molecule has 0 atom stereocenters. The van der Waals surface area contributed by atoms with Gasteiger partial charge in [-0.3, -0.25) is 10.1 Å². The Morgan fingerprint density at radius 1 is 1.16 bits per heavy atom. The summed E-state index contributed by atoms with van der Waals surface area (Å²) in [7, 11) is 0. The van der Waals surface area contributed by atoms with Gasteiger partial charge in [0.1, 0.15) is 5.75 Å². The van der Waals surface area contributed by atoms with Gasteiger partial charge >= 0.3 is 5.69 Å². The van der Waals surface area contributed by atoms with Gasteiger partial charge in [-0.1, -0.05) is 45.2 Å². The van der Waals surface area contributed by atoms with E-state index in [-0.39, 0.29) is 21.5 Å². The molecule has 19 heavy (non-hydrogen) atoms. The van der Waals surface area contributed by atoms with Crippen LogP contribution >= 0.6 is 39.1 Å². The Morgan fingerprint density at radius 3 is 2.47 bits per heavy atom. The van der Waals surface area contributed by atoms with Crippen molar-refractivity contribution in [2.45, 2.75) is 0 Å². The molecule has 0 aliphatic carbocycles. The molecule has 0 aromatic heterocycles. The van der Waals surface area contributed by atoms with Gasteiger partial charge in [0, 0.05) is 16.6 Å². The molecule has 0 aliphatic rings. The standard InChI is InChI=1S/C12H6BrCl2NO3/c13-7-2-1-3-8(4-7)19-12-6-10(15)9(14)5-11(12)16(17)18/h1-6H. The number of ether oxygens (including phenoxy) is 1. The van der Waals surface area contributed by atoms with E-state index in [0.29, 0.717) is 5.75 Å². The van der Waals surface area contributed by atoms with Crippen LogP contribution in [0.5, 0.6) is 11.5 Å². The summed E-state index contributed by atoms with van der Waals surface area (Å²) in [4.78, 5) is 10.4. The number of hydrogen-bond acceptors (Lipinski definition) is 3. The number of nitro groups is 1. The molecule has 0 N–H and O–H groups in total. The number of nitrogens with zero attached hydrogens (tertiary/aromatic N) is 1. The van der Waals surface area contributed by atoms with E-state index >= 15 is 0 Å². The average Bonchev–Trinajstić information content (AvgIpc) is 2.33. The van der Waals surface area contributed by atoms with Crippen LogP contribution in [-0.2, 0) is 0 Å². The molecule has 0 unspecified atom stereocenters. The Labute approximate surface area is 127 Å². The summed E-state index contributed by atoms with van der Waals surface area (Å²) in [6, 6.07) is 9.42.